The zero-order valence-electron chi connectivity index (χ0n) is 13.3. The van der Waals surface area contributed by atoms with E-state index in [2.05, 4.69) is 15.2 Å². The predicted octanol–water partition coefficient (Wildman–Crippen LogP) is 2.71. The van der Waals surface area contributed by atoms with Gasteiger partial charge in [-0.25, -0.2) is 0 Å². The minimum atomic E-state index is -2.93. The number of hydrogen-bond donors (Lipinski definition) is 1. The molecule has 1 aliphatic carbocycles. The highest BCUT2D eigenvalue weighted by Gasteiger charge is 2.17. The van der Waals surface area contributed by atoms with Crippen molar-refractivity contribution in [1.29, 1.82) is 0 Å². The van der Waals surface area contributed by atoms with Gasteiger partial charge in [-0.15, -0.1) is 0 Å². The lowest BCUT2D eigenvalue weighted by Crippen LogP contribution is -2.34. The lowest BCUT2D eigenvalue weighted by Gasteiger charge is -2.11. The van der Waals surface area contributed by atoms with Gasteiger partial charge in [0.15, 0.2) is 18.1 Å². The smallest absolute Gasteiger partial charge is 0.387 e. The van der Waals surface area contributed by atoms with E-state index in [1.165, 1.54) is 31.5 Å². The van der Waals surface area contributed by atoms with Crippen molar-refractivity contribution >= 4 is 12.1 Å². The summed E-state index contributed by atoms with van der Waals surface area (Å²) in [4.78, 5) is 16.6. The van der Waals surface area contributed by atoms with E-state index in [9.17, 15) is 13.6 Å². The number of carbonyl (C=O) groups is 1. The summed E-state index contributed by atoms with van der Waals surface area (Å²) in [5.74, 6) is -0.128. The number of nitrogens with zero attached hydrogens (tertiary/aromatic N) is 1. The number of carbonyl (C=O) groups excluding carboxylic acids is 1. The molecule has 0 bridgehead atoms. The highest BCUT2D eigenvalue weighted by molar-refractivity contribution is 5.81. The number of nitrogens with one attached hydrogen (secondary N) is 1. The molecule has 24 heavy (non-hydrogen) atoms. The molecule has 6 nitrogen and oxygen atoms in total. The number of ether oxygens (including phenoxy) is 2. The van der Waals surface area contributed by atoms with Crippen LogP contribution in [0.3, 0.4) is 0 Å². The predicted molar refractivity (Wildman–Crippen MR) is 83.6 cm³/mol. The molecule has 0 atom stereocenters. The highest BCUT2D eigenvalue weighted by Crippen LogP contribution is 2.28. The average Bonchev–Trinajstić information content (AvgIpc) is 3.05. The second-order valence-corrected chi connectivity index (χ2v) is 5.35. The maximum absolute atomic E-state index is 12.2. The Morgan fingerprint density at radius 2 is 2.12 bits per heavy atom. The number of hydrogen-bond acceptors (Lipinski definition) is 5. The summed E-state index contributed by atoms with van der Waals surface area (Å²) < 4.78 is 33.8. The van der Waals surface area contributed by atoms with E-state index < -0.39 is 6.61 Å². The third-order valence-corrected chi connectivity index (χ3v) is 3.60. The van der Waals surface area contributed by atoms with Crippen molar-refractivity contribution in [3.63, 3.8) is 0 Å². The van der Waals surface area contributed by atoms with Gasteiger partial charge in [-0.2, -0.15) is 8.78 Å². The second-order valence-electron chi connectivity index (χ2n) is 5.35. The molecule has 1 saturated carbocycles. The van der Waals surface area contributed by atoms with Crippen molar-refractivity contribution < 1.29 is 27.9 Å². The summed E-state index contributed by atoms with van der Waals surface area (Å²) in [6.45, 7) is -3.10. The van der Waals surface area contributed by atoms with Crippen molar-refractivity contribution in [3.05, 3.63) is 23.8 Å². The molecule has 0 unspecified atom stereocenters. The molecule has 0 heterocycles. The first kappa shape index (κ1) is 18.0. The molecule has 0 radical (unpaired) electrons. The van der Waals surface area contributed by atoms with Crippen LogP contribution in [-0.4, -0.2) is 38.5 Å². The molecule has 8 heteroatoms. The van der Waals surface area contributed by atoms with Crippen LogP contribution < -0.4 is 14.8 Å². The third kappa shape index (κ3) is 5.68. The summed E-state index contributed by atoms with van der Waals surface area (Å²) in [5, 5.41) is 6.57. The van der Waals surface area contributed by atoms with E-state index in [0.717, 1.165) is 25.7 Å². The van der Waals surface area contributed by atoms with Crippen LogP contribution in [0.4, 0.5) is 8.78 Å². The monoisotopic (exact) mass is 342 g/mol. The van der Waals surface area contributed by atoms with E-state index in [1.807, 2.05) is 0 Å². The molecule has 0 aromatic heterocycles. The number of benzene rings is 1. The molecule has 132 valence electrons. The van der Waals surface area contributed by atoms with Crippen LogP contribution in [0.5, 0.6) is 11.5 Å². The highest BCUT2D eigenvalue weighted by atomic mass is 19.3. The molecule has 0 aliphatic heterocycles. The maximum atomic E-state index is 12.2. The molecule has 1 fully saturated rings. The van der Waals surface area contributed by atoms with Crippen LogP contribution in [0, 0.1) is 0 Å². The lowest BCUT2D eigenvalue weighted by molar-refractivity contribution is -0.126. The Labute approximate surface area is 138 Å². The van der Waals surface area contributed by atoms with Gasteiger partial charge in [0.2, 0.25) is 0 Å². The summed E-state index contributed by atoms with van der Waals surface area (Å²) in [5.41, 5.74) is 0.560. The fourth-order valence-electron chi connectivity index (χ4n) is 2.49. The molecule has 0 spiro atoms. The number of halogens is 2. The first-order valence-corrected chi connectivity index (χ1v) is 7.66. The summed E-state index contributed by atoms with van der Waals surface area (Å²) in [6, 6.07) is 4.57. The lowest BCUT2D eigenvalue weighted by atomic mass is 10.2. The van der Waals surface area contributed by atoms with Gasteiger partial charge in [0.25, 0.3) is 5.91 Å². The first-order chi connectivity index (χ1) is 11.6. The SMILES string of the molecule is COc1cc(C=NOCC(=O)NC2CCCC2)ccc1OC(F)F. The number of oxime groups is 1. The average molecular weight is 342 g/mol. The van der Waals surface area contributed by atoms with E-state index in [0.29, 0.717) is 5.56 Å². The van der Waals surface area contributed by atoms with Crippen LogP contribution >= 0.6 is 0 Å². The van der Waals surface area contributed by atoms with E-state index in [-0.39, 0.29) is 30.1 Å². The van der Waals surface area contributed by atoms with Crippen LogP contribution in [0.2, 0.25) is 0 Å². The Morgan fingerprint density at radius 3 is 2.79 bits per heavy atom. The van der Waals surface area contributed by atoms with Crippen molar-refractivity contribution in [2.75, 3.05) is 13.7 Å². The Bertz CT molecular complexity index is 575. The fraction of sp³-hybridized carbons (Fsp3) is 0.500. The minimum Gasteiger partial charge on any atom is -0.493 e. The molecule has 1 amide bonds. The van der Waals surface area contributed by atoms with Crippen LogP contribution in [-0.2, 0) is 9.63 Å². The number of amides is 1. The molecule has 0 saturated heterocycles. The molecule has 1 aromatic rings. The van der Waals surface area contributed by atoms with Crippen LogP contribution in [0.15, 0.2) is 23.4 Å². The summed E-state index contributed by atoms with van der Waals surface area (Å²) in [6.07, 6.45) is 5.63. The number of methoxy groups -OCH3 is 1. The van der Waals surface area contributed by atoms with Gasteiger partial charge in [-0.05, 0) is 31.0 Å². The summed E-state index contributed by atoms with van der Waals surface area (Å²) in [7, 11) is 1.35. The summed E-state index contributed by atoms with van der Waals surface area (Å²) >= 11 is 0. The zero-order chi connectivity index (χ0) is 17.4. The van der Waals surface area contributed by atoms with E-state index >= 15 is 0 Å². The van der Waals surface area contributed by atoms with Crippen LogP contribution in [0.1, 0.15) is 31.2 Å². The van der Waals surface area contributed by atoms with Crippen LogP contribution in [0.25, 0.3) is 0 Å². The Morgan fingerprint density at radius 1 is 1.38 bits per heavy atom. The minimum absolute atomic E-state index is 0.0680. The molecule has 2 rings (SSSR count). The van der Waals surface area contributed by atoms with Crippen molar-refractivity contribution in [3.8, 4) is 11.5 Å². The molecular weight excluding hydrogens is 322 g/mol. The second kappa shape index (κ2) is 9.05. The van der Waals surface area contributed by atoms with Crippen molar-refractivity contribution in [2.45, 2.75) is 38.3 Å². The quantitative estimate of drug-likeness (QED) is 0.583. The first-order valence-electron chi connectivity index (χ1n) is 7.66. The van der Waals surface area contributed by atoms with E-state index in [1.54, 1.807) is 0 Å². The van der Waals surface area contributed by atoms with Crippen molar-refractivity contribution in [2.24, 2.45) is 5.16 Å². The van der Waals surface area contributed by atoms with Gasteiger partial charge in [0, 0.05) is 11.6 Å². The number of alkyl halides is 2. The fourth-order valence-corrected chi connectivity index (χ4v) is 2.49. The third-order valence-electron chi connectivity index (χ3n) is 3.60. The normalized spacial score (nSPS) is 15.0. The Kier molecular flexibility index (Phi) is 6.77. The Balaban J connectivity index is 1.81. The van der Waals surface area contributed by atoms with Crippen molar-refractivity contribution in [1.82, 2.24) is 5.32 Å². The molecule has 1 N–H and O–H groups in total. The van der Waals surface area contributed by atoms with Gasteiger partial charge in [0.1, 0.15) is 0 Å². The largest absolute Gasteiger partial charge is 0.493 e. The molecule has 1 aromatic carbocycles. The van der Waals surface area contributed by atoms with Gasteiger partial charge >= 0.3 is 6.61 Å². The van der Waals surface area contributed by atoms with E-state index in [4.69, 9.17) is 9.57 Å². The maximum Gasteiger partial charge on any atom is 0.387 e. The topological polar surface area (TPSA) is 69.2 Å². The standard InChI is InChI=1S/C16H20F2N2O4/c1-22-14-8-11(6-7-13(14)24-16(17)18)9-19-23-10-15(21)20-12-4-2-3-5-12/h6-9,12,16H,2-5,10H2,1H3,(H,20,21). The number of rotatable bonds is 8. The van der Waals surface area contributed by atoms with Gasteiger partial charge in [-0.3, -0.25) is 4.79 Å². The van der Waals surface area contributed by atoms with Gasteiger partial charge < -0.3 is 19.6 Å². The zero-order valence-corrected chi connectivity index (χ0v) is 13.3. The molecular formula is C16H20F2N2O4. The van der Waals surface area contributed by atoms with Gasteiger partial charge in [-0.1, -0.05) is 18.0 Å². The molecule has 1 aliphatic rings. The van der Waals surface area contributed by atoms with Gasteiger partial charge in [0.05, 0.1) is 13.3 Å². The Hall–Kier alpha value is -2.38.